The summed E-state index contributed by atoms with van der Waals surface area (Å²) < 4.78 is 0. The molecule has 0 radical (unpaired) electrons. The van der Waals surface area contributed by atoms with Crippen LogP contribution in [0.4, 0.5) is 0 Å². The molecule has 0 spiro atoms. The van der Waals surface area contributed by atoms with Gasteiger partial charge in [0.1, 0.15) is 0 Å². The van der Waals surface area contributed by atoms with E-state index in [1.54, 1.807) is 0 Å². The fourth-order valence-corrected chi connectivity index (χ4v) is 2.96. The fourth-order valence-electron chi connectivity index (χ4n) is 2.96. The van der Waals surface area contributed by atoms with E-state index in [-0.39, 0.29) is 0 Å². The third-order valence-electron chi connectivity index (χ3n) is 4.74. The van der Waals surface area contributed by atoms with Crippen LogP contribution in [0.1, 0.15) is 65.7 Å². The number of hydrogen-bond donors (Lipinski definition) is 2. The molecule has 0 aromatic heterocycles. The summed E-state index contributed by atoms with van der Waals surface area (Å²) in [7, 11) is 0. The minimum atomic E-state index is 0.358. The van der Waals surface area contributed by atoms with Crippen LogP contribution >= 0.6 is 0 Å². The molecule has 2 atom stereocenters. The molecular weight excluding hydrogens is 196 g/mol. The zero-order valence-electron chi connectivity index (χ0n) is 11.4. The third kappa shape index (κ3) is 3.46. The van der Waals surface area contributed by atoms with Crippen LogP contribution in [0.25, 0.3) is 0 Å². The normalized spacial score (nSPS) is 27.0. The van der Waals surface area contributed by atoms with Crippen LogP contribution < -0.4 is 11.1 Å². The summed E-state index contributed by atoms with van der Waals surface area (Å²) in [6.45, 7) is 8.00. The van der Waals surface area contributed by atoms with Gasteiger partial charge in [0.2, 0.25) is 0 Å². The van der Waals surface area contributed by atoms with E-state index in [1.807, 2.05) is 0 Å². The Bertz CT molecular complexity index is 179. The lowest BCUT2D eigenvalue weighted by Crippen LogP contribution is -2.49. The SMILES string of the molecule is CCC(CC)(CC)NCC1CCCCC1N. The van der Waals surface area contributed by atoms with Crippen molar-refractivity contribution in [3.8, 4) is 0 Å². The monoisotopic (exact) mass is 226 g/mol. The molecule has 2 unspecified atom stereocenters. The van der Waals surface area contributed by atoms with Gasteiger partial charge >= 0.3 is 0 Å². The van der Waals surface area contributed by atoms with Crippen LogP contribution in [0.3, 0.4) is 0 Å². The Morgan fingerprint density at radius 3 is 2.12 bits per heavy atom. The Morgan fingerprint density at radius 1 is 1.06 bits per heavy atom. The van der Waals surface area contributed by atoms with Crippen LogP contribution in [0.2, 0.25) is 0 Å². The molecule has 2 nitrogen and oxygen atoms in total. The van der Waals surface area contributed by atoms with Crippen molar-refractivity contribution in [2.24, 2.45) is 11.7 Å². The maximum Gasteiger partial charge on any atom is 0.0173 e. The number of nitrogens with two attached hydrogens (primary N) is 1. The van der Waals surface area contributed by atoms with Crippen LogP contribution in [0.5, 0.6) is 0 Å². The fraction of sp³-hybridized carbons (Fsp3) is 1.00. The molecule has 1 aliphatic rings. The summed E-state index contributed by atoms with van der Waals surface area (Å²) in [6, 6.07) is 0.435. The van der Waals surface area contributed by atoms with E-state index in [1.165, 1.54) is 44.9 Å². The predicted octanol–water partition coefficient (Wildman–Crippen LogP) is 3.06. The first kappa shape index (κ1) is 14.0. The zero-order valence-corrected chi connectivity index (χ0v) is 11.4. The molecule has 0 amide bonds. The summed E-state index contributed by atoms with van der Waals surface area (Å²) in [6.07, 6.45) is 8.92. The molecule has 1 aliphatic carbocycles. The van der Waals surface area contributed by atoms with Gasteiger partial charge in [0, 0.05) is 11.6 Å². The lowest BCUT2D eigenvalue weighted by molar-refractivity contribution is 0.230. The average molecular weight is 226 g/mol. The van der Waals surface area contributed by atoms with Crippen LogP contribution in [-0.2, 0) is 0 Å². The smallest absolute Gasteiger partial charge is 0.0173 e. The molecule has 1 saturated carbocycles. The highest BCUT2D eigenvalue weighted by molar-refractivity contribution is 4.87. The van der Waals surface area contributed by atoms with Gasteiger partial charge in [-0.05, 0) is 44.6 Å². The Kier molecular flexibility index (Phi) is 5.77. The largest absolute Gasteiger partial charge is 0.327 e. The zero-order chi connectivity index (χ0) is 12.0. The first-order valence-electron chi connectivity index (χ1n) is 7.18. The molecule has 16 heavy (non-hydrogen) atoms. The van der Waals surface area contributed by atoms with E-state index >= 15 is 0 Å². The second-order valence-electron chi connectivity index (χ2n) is 5.43. The molecule has 0 saturated heterocycles. The van der Waals surface area contributed by atoms with Crippen molar-refractivity contribution >= 4 is 0 Å². The summed E-state index contributed by atoms with van der Waals surface area (Å²) in [5.74, 6) is 0.706. The van der Waals surface area contributed by atoms with Crippen molar-refractivity contribution in [2.75, 3.05) is 6.54 Å². The van der Waals surface area contributed by atoms with Gasteiger partial charge in [0.05, 0.1) is 0 Å². The minimum Gasteiger partial charge on any atom is -0.327 e. The molecule has 0 aromatic rings. The standard InChI is InChI=1S/C14H30N2/c1-4-14(5-2,6-3)16-11-12-9-7-8-10-13(12)15/h12-13,16H,4-11,15H2,1-3H3. The Labute approximate surface area is 101 Å². The molecule has 0 aliphatic heterocycles. The van der Waals surface area contributed by atoms with Gasteiger partial charge in [0.15, 0.2) is 0 Å². The van der Waals surface area contributed by atoms with Gasteiger partial charge < -0.3 is 11.1 Å². The van der Waals surface area contributed by atoms with Crippen molar-refractivity contribution in [1.29, 1.82) is 0 Å². The quantitative estimate of drug-likeness (QED) is 0.730. The van der Waals surface area contributed by atoms with Crippen molar-refractivity contribution in [2.45, 2.75) is 77.3 Å². The molecular formula is C14H30N2. The summed E-state index contributed by atoms with van der Waals surface area (Å²) in [4.78, 5) is 0. The second kappa shape index (κ2) is 6.61. The van der Waals surface area contributed by atoms with Crippen molar-refractivity contribution < 1.29 is 0 Å². The second-order valence-corrected chi connectivity index (χ2v) is 5.43. The summed E-state index contributed by atoms with van der Waals surface area (Å²) in [5.41, 5.74) is 6.55. The number of hydrogen-bond acceptors (Lipinski definition) is 2. The highest BCUT2D eigenvalue weighted by atomic mass is 15.0. The van der Waals surface area contributed by atoms with Gasteiger partial charge in [-0.15, -0.1) is 0 Å². The highest BCUT2D eigenvalue weighted by Crippen LogP contribution is 2.25. The molecule has 96 valence electrons. The van der Waals surface area contributed by atoms with Crippen LogP contribution in [0, 0.1) is 5.92 Å². The van der Waals surface area contributed by atoms with E-state index in [0.29, 0.717) is 17.5 Å². The molecule has 1 fully saturated rings. The summed E-state index contributed by atoms with van der Waals surface area (Å²) >= 11 is 0. The van der Waals surface area contributed by atoms with Gasteiger partial charge in [0.25, 0.3) is 0 Å². The average Bonchev–Trinajstić information content (AvgIpc) is 2.34. The Balaban J connectivity index is 2.41. The molecule has 0 heterocycles. The van der Waals surface area contributed by atoms with Crippen molar-refractivity contribution in [3.63, 3.8) is 0 Å². The van der Waals surface area contributed by atoms with Gasteiger partial charge in [-0.2, -0.15) is 0 Å². The molecule has 0 aromatic carbocycles. The van der Waals surface area contributed by atoms with E-state index in [2.05, 4.69) is 26.1 Å². The topological polar surface area (TPSA) is 38.0 Å². The third-order valence-corrected chi connectivity index (χ3v) is 4.74. The maximum atomic E-state index is 6.19. The lowest BCUT2D eigenvalue weighted by Gasteiger charge is -2.36. The Hall–Kier alpha value is -0.0800. The van der Waals surface area contributed by atoms with Crippen molar-refractivity contribution in [1.82, 2.24) is 5.32 Å². The van der Waals surface area contributed by atoms with Crippen LogP contribution in [-0.4, -0.2) is 18.1 Å². The summed E-state index contributed by atoms with van der Waals surface area (Å²) in [5, 5.41) is 3.80. The lowest BCUT2D eigenvalue weighted by atomic mass is 9.83. The maximum absolute atomic E-state index is 6.19. The number of nitrogens with one attached hydrogen (secondary N) is 1. The van der Waals surface area contributed by atoms with Gasteiger partial charge in [-0.1, -0.05) is 33.6 Å². The molecule has 0 bridgehead atoms. The highest BCUT2D eigenvalue weighted by Gasteiger charge is 2.27. The van der Waals surface area contributed by atoms with E-state index in [9.17, 15) is 0 Å². The first-order chi connectivity index (χ1) is 7.67. The van der Waals surface area contributed by atoms with Crippen LogP contribution in [0.15, 0.2) is 0 Å². The molecule has 1 rings (SSSR count). The van der Waals surface area contributed by atoms with Gasteiger partial charge in [-0.3, -0.25) is 0 Å². The molecule has 3 N–H and O–H groups in total. The Morgan fingerprint density at radius 2 is 1.62 bits per heavy atom. The number of rotatable bonds is 6. The van der Waals surface area contributed by atoms with E-state index in [4.69, 9.17) is 5.73 Å². The van der Waals surface area contributed by atoms with Crippen molar-refractivity contribution in [3.05, 3.63) is 0 Å². The molecule has 2 heteroatoms. The van der Waals surface area contributed by atoms with E-state index < -0.39 is 0 Å². The van der Waals surface area contributed by atoms with E-state index in [0.717, 1.165) is 6.54 Å². The minimum absolute atomic E-state index is 0.358. The first-order valence-corrected chi connectivity index (χ1v) is 7.18. The predicted molar refractivity (Wildman–Crippen MR) is 71.5 cm³/mol. The van der Waals surface area contributed by atoms with Gasteiger partial charge in [-0.25, -0.2) is 0 Å².